The van der Waals surface area contributed by atoms with Crippen molar-refractivity contribution in [3.63, 3.8) is 0 Å². The molecule has 1 saturated heterocycles. The lowest BCUT2D eigenvalue weighted by Crippen LogP contribution is -2.35. The van der Waals surface area contributed by atoms with Crippen molar-refractivity contribution >= 4 is 18.8 Å². The number of aromatic nitrogens is 1. The maximum absolute atomic E-state index is 2.57. The van der Waals surface area contributed by atoms with E-state index in [1.807, 2.05) is 0 Å². The first-order valence-electron chi connectivity index (χ1n) is 11.9. The summed E-state index contributed by atoms with van der Waals surface area (Å²) in [5.74, 6) is 0.759. The van der Waals surface area contributed by atoms with Crippen molar-refractivity contribution in [2.75, 3.05) is 0 Å². The van der Waals surface area contributed by atoms with Crippen LogP contribution in [0.5, 0.6) is 0 Å². The van der Waals surface area contributed by atoms with Gasteiger partial charge in [0.25, 0.3) is 0 Å². The topological polar surface area (TPSA) is 3.88 Å². The highest BCUT2D eigenvalue weighted by Crippen LogP contribution is 2.40. The maximum Gasteiger partial charge on any atom is 0.220 e. The van der Waals surface area contributed by atoms with Gasteiger partial charge in [0.2, 0.25) is 5.69 Å². The van der Waals surface area contributed by atoms with Crippen molar-refractivity contribution in [2.24, 2.45) is 7.05 Å². The second-order valence-corrected chi connectivity index (χ2v) is 16.1. The Morgan fingerprint density at radius 2 is 1.60 bits per heavy atom. The number of nitrogens with zero attached hydrogens (tertiary/aromatic N) is 1. The minimum absolute atomic E-state index is 0.759. The van der Waals surface area contributed by atoms with E-state index in [1.165, 1.54) is 77.5 Å². The van der Waals surface area contributed by atoms with Crippen LogP contribution in [0.3, 0.4) is 0 Å². The van der Waals surface area contributed by atoms with Crippen LogP contribution in [-0.2, 0) is 19.9 Å². The largest absolute Gasteiger partial charge is 0.220 e. The van der Waals surface area contributed by atoms with Crippen LogP contribution in [0.4, 0.5) is 0 Å². The van der Waals surface area contributed by atoms with Crippen molar-refractivity contribution in [2.45, 2.75) is 77.1 Å². The lowest BCUT2D eigenvalue weighted by Gasteiger charge is -2.33. The zero-order valence-electron chi connectivity index (χ0n) is 19.4. The van der Waals surface area contributed by atoms with Crippen molar-refractivity contribution < 1.29 is 4.57 Å². The third-order valence-corrected chi connectivity index (χ3v) is 11.3. The molecular weight excluding hydrogens is 378 g/mol. The van der Waals surface area contributed by atoms with Crippen LogP contribution in [0.15, 0.2) is 36.4 Å². The Kier molecular flexibility index (Phi) is 4.89. The summed E-state index contributed by atoms with van der Waals surface area (Å²) >= 11 is 0. The molecule has 0 atom stereocenters. The van der Waals surface area contributed by atoms with E-state index >= 15 is 0 Å². The van der Waals surface area contributed by atoms with E-state index in [1.54, 1.807) is 16.7 Å². The molecule has 1 aromatic heterocycles. The van der Waals surface area contributed by atoms with Gasteiger partial charge in [0.15, 0.2) is 5.69 Å². The number of pyridine rings is 1. The monoisotopic (exact) mass is 414 g/mol. The van der Waals surface area contributed by atoms with E-state index in [9.17, 15) is 0 Å². The molecule has 30 heavy (non-hydrogen) atoms. The van der Waals surface area contributed by atoms with E-state index in [-0.39, 0.29) is 0 Å². The number of aryl methyl sites for hydroxylation is 4. The summed E-state index contributed by atoms with van der Waals surface area (Å²) in [7, 11) is 1.33. The summed E-state index contributed by atoms with van der Waals surface area (Å²) in [6, 6.07) is 17.7. The summed E-state index contributed by atoms with van der Waals surface area (Å²) in [5, 5.41) is 2.82. The molecule has 1 nitrogen and oxygen atoms in total. The molecule has 3 aromatic rings. The van der Waals surface area contributed by atoms with Gasteiger partial charge in [-0.15, -0.1) is 0 Å². The second-order valence-electron chi connectivity index (χ2n) is 10.8. The first-order chi connectivity index (χ1) is 14.3. The Hall–Kier alpha value is -1.93. The fraction of sp³-hybridized carbons (Fsp3) is 0.464. The minimum atomic E-state index is -0.907. The molecule has 0 N–H and O–H groups in total. The van der Waals surface area contributed by atoms with Crippen LogP contribution < -0.4 is 4.57 Å². The highest BCUT2D eigenvalue weighted by molar-refractivity contribution is 6.77. The first-order valence-corrected chi connectivity index (χ1v) is 15.3. The Morgan fingerprint density at radius 3 is 2.33 bits per heavy atom. The first kappa shape index (κ1) is 20.0. The molecule has 5 rings (SSSR count). The molecule has 2 heteroatoms. The molecule has 1 aliphatic carbocycles. The Bertz CT molecular complexity index is 1130. The average Bonchev–Trinajstić information content (AvgIpc) is 3.15. The molecule has 0 amide bonds. The molecule has 0 spiro atoms. The van der Waals surface area contributed by atoms with Gasteiger partial charge in [0.1, 0.15) is 7.05 Å². The summed E-state index contributed by atoms with van der Waals surface area (Å²) in [6.45, 7) is 9.69. The van der Waals surface area contributed by atoms with Crippen LogP contribution in [0, 0.1) is 13.8 Å². The van der Waals surface area contributed by atoms with E-state index < -0.39 is 8.07 Å². The number of benzene rings is 2. The zero-order valence-corrected chi connectivity index (χ0v) is 20.4. The third-order valence-electron chi connectivity index (χ3n) is 8.06. The number of hydrogen-bond donors (Lipinski definition) is 0. The molecule has 0 radical (unpaired) electrons. The Morgan fingerprint density at radius 1 is 0.900 bits per heavy atom. The van der Waals surface area contributed by atoms with E-state index in [2.05, 4.69) is 75.0 Å². The van der Waals surface area contributed by atoms with Gasteiger partial charge in [-0.3, -0.25) is 0 Å². The highest BCUT2D eigenvalue weighted by atomic mass is 28.3. The van der Waals surface area contributed by atoms with Gasteiger partial charge in [-0.2, -0.15) is 4.57 Å². The van der Waals surface area contributed by atoms with E-state index in [0.717, 1.165) is 5.92 Å². The van der Waals surface area contributed by atoms with Gasteiger partial charge in [0.05, 0.1) is 10.9 Å². The van der Waals surface area contributed by atoms with Crippen LogP contribution in [-0.4, -0.2) is 8.07 Å². The van der Waals surface area contributed by atoms with Gasteiger partial charge in [-0.25, -0.2) is 0 Å². The second kappa shape index (κ2) is 7.34. The number of fused-ring (bicyclic) bond motifs is 2. The molecule has 2 aromatic carbocycles. The Balaban J connectivity index is 1.62. The van der Waals surface area contributed by atoms with Crippen molar-refractivity contribution in [3.05, 3.63) is 64.3 Å². The molecule has 156 valence electrons. The fourth-order valence-electron chi connectivity index (χ4n) is 5.91. The quantitative estimate of drug-likeness (QED) is 0.313. The molecule has 2 heterocycles. The van der Waals surface area contributed by atoms with Gasteiger partial charge in [0, 0.05) is 21.1 Å². The molecule has 0 bridgehead atoms. The van der Waals surface area contributed by atoms with E-state index in [0.29, 0.717) is 0 Å². The predicted molar refractivity (Wildman–Crippen MR) is 131 cm³/mol. The Labute approximate surface area is 183 Å². The smallest absolute Gasteiger partial charge is 0.198 e. The molecule has 2 aliphatic rings. The lowest BCUT2D eigenvalue weighted by atomic mass is 9.90. The SMILES string of the molecule is Cc1cc2c(cc1-c1c3ccc(C4CC[Si](C)(C)CC4)cc3cc(C)[n+]1C)CCC2. The fourth-order valence-corrected chi connectivity index (χ4v) is 8.42. The molecule has 0 unspecified atom stereocenters. The zero-order chi connectivity index (χ0) is 21.0. The summed E-state index contributed by atoms with van der Waals surface area (Å²) in [6.07, 6.45) is 6.58. The van der Waals surface area contributed by atoms with Crippen LogP contribution >= 0.6 is 0 Å². The van der Waals surface area contributed by atoms with E-state index in [4.69, 9.17) is 0 Å². The molecule has 1 fully saturated rings. The third kappa shape index (κ3) is 3.43. The van der Waals surface area contributed by atoms with Gasteiger partial charge >= 0.3 is 0 Å². The van der Waals surface area contributed by atoms with Gasteiger partial charge in [-0.05, 0) is 84.7 Å². The standard InChI is InChI=1S/C28H36NSi/c1-19-15-22-7-6-8-23(22)18-27(19)28-26-10-9-24(17-25(26)16-20(2)29(28)3)21-11-13-30(4,5)14-12-21/h9-10,15-18,21H,6-8,11-14H2,1-5H3/q+1. The van der Waals surface area contributed by atoms with Crippen LogP contribution in [0.1, 0.15) is 53.1 Å². The molecule has 0 saturated carbocycles. The van der Waals surface area contributed by atoms with Crippen molar-refractivity contribution in [3.8, 4) is 11.3 Å². The molecule has 1 aliphatic heterocycles. The van der Waals surface area contributed by atoms with Gasteiger partial charge < -0.3 is 0 Å². The van der Waals surface area contributed by atoms with Crippen molar-refractivity contribution in [1.82, 2.24) is 0 Å². The molecular formula is C28H36NSi+. The van der Waals surface area contributed by atoms with Gasteiger partial charge in [-0.1, -0.05) is 43.4 Å². The van der Waals surface area contributed by atoms with Crippen LogP contribution in [0.25, 0.3) is 22.0 Å². The summed E-state index contributed by atoms with van der Waals surface area (Å²) in [5.41, 5.74) is 10.3. The average molecular weight is 415 g/mol. The summed E-state index contributed by atoms with van der Waals surface area (Å²) in [4.78, 5) is 0. The van der Waals surface area contributed by atoms with Crippen LogP contribution in [0.2, 0.25) is 25.2 Å². The normalized spacial score (nSPS) is 18.7. The maximum atomic E-state index is 2.57. The number of hydrogen-bond acceptors (Lipinski definition) is 0. The highest BCUT2D eigenvalue weighted by Gasteiger charge is 2.30. The van der Waals surface area contributed by atoms with Crippen molar-refractivity contribution in [1.29, 1.82) is 0 Å². The minimum Gasteiger partial charge on any atom is -0.198 e. The predicted octanol–water partition coefficient (Wildman–Crippen LogP) is 7.02. The summed E-state index contributed by atoms with van der Waals surface area (Å²) < 4.78 is 2.40. The lowest BCUT2D eigenvalue weighted by molar-refractivity contribution is -0.665. The number of rotatable bonds is 2.